The second-order valence-electron chi connectivity index (χ2n) is 2.62. The van der Waals surface area contributed by atoms with Crippen LogP contribution in [0.3, 0.4) is 0 Å². The predicted octanol–water partition coefficient (Wildman–Crippen LogP) is 1.82. The molecular formula is C6H12BF4N3. The van der Waals surface area contributed by atoms with Gasteiger partial charge in [0.2, 0.25) is 0 Å². The van der Waals surface area contributed by atoms with Crippen molar-refractivity contribution in [1.29, 1.82) is 0 Å². The highest BCUT2D eigenvalue weighted by Gasteiger charge is 2.20. The lowest BCUT2D eigenvalue weighted by molar-refractivity contribution is -0.855. The maximum atomic E-state index is 9.75. The quantitative estimate of drug-likeness (QED) is 0.547. The maximum absolute atomic E-state index is 9.75. The minimum atomic E-state index is -6.00. The Hall–Kier alpha value is -0.915. The number of hydrogen-bond acceptors (Lipinski definition) is 2. The van der Waals surface area contributed by atoms with Crippen molar-refractivity contribution < 1.29 is 22.3 Å². The SMILES string of the molecule is CCCC[NH+]1C=CN=N1.F[B-](F)(F)F. The van der Waals surface area contributed by atoms with Crippen molar-refractivity contribution in [2.24, 2.45) is 10.3 Å². The Morgan fingerprint density at radius 3 is 2.21 bits per heavy atom. The first-order valence-electron chi connectivity index (χ1n) is 4.24. The average molecular weight is 213 g/mol. The summed E-state index contributed by atoms with van der Waals surface area (Å²) in [5.74, 6) is 0. The molecule has 0 aromatic heterocycles. The lowest BCUT2D eigenvalue weighted by Crippen LogP contribution is -3.01. The van der Waals surface area contributed by atoms with Gasteiger partial charge in [-0.05, 0) is 6.42 Å². The summed E-state index contributed by atoms with van der Waals surface area (Å²) in [6, 6.07) is 0. The Labute approximate surface area is 79.6 Å². The van der Waals surface area contributed by atoms with Crippen LogP contribution in [0.2, 0.25) is 0 Å². The van der Waals surface area contributed by atoms with E-state index >= 15 is 0 Å². The molecule has 1 rings (SSSR count). The van der Waals surface area contributed by atoms with Crippen molar-refractivity contribution in [3.63, 3.8) is 0 Å². The monoisotopic (exact) mass is 213 g/mol. The molecule has 1 unspecified atom stereocenters. The number of nitrogens with zero attached hydrogens (tertiary/aromatic N) is 2. The summed E-state index contributed by atoms with van der Waals surface area (Å²) in [5, 5.41) is 8.75. The molecule has 1 N–H and O–H groups in total. The van der Waals surface area contributed by atoms with Crippen LogP contribution in [-0.2, 0) is 0 Å². The van der Waals surface area contributed by atoms with E-state index in [2.05, 4.69) is 17.3 Å². The molecule has 0 aliphatic carbocycles. The van der Waals surface area contributed by atoms with Gasteiger partial charge in [0, 0.05) is 5.22 Å². The summed E-state index contributed by atoms with van der Waals surface area (Å²) in [4.78, 5) is 0. The maximum Gasteiger partial charge on any atom is 0.673 e. The molecule has 0 aromatic carbocycles. The Morgan fingerprint density at radius 1 is 1.29 bits per heavy atom. The van der Waals surface area contributed by atoms with Crippen LogP contribution in [0.25, 0.3) is 0 Å². The number of rotatable bonds is 3. The molecule has 1 aliphatic rings. The summed E-state index contributed by atoms with van der Waals surface area (Å²) in [6.07, 6.45) is 6.16. The molecule has 8 heteroatoms. The first kappa shape index (κ1) is 13.1. The van der Waals surface area contributed by atoms with Crippen molar-refractivity contribution in [3.8, 4) is 0 Å². The predicted molar refractivity (Wildman–Crippen MR) is 44.9 cm³/mol. The van der Waals surface area contributed by atoms with Crippen LogP contribution in [0.4, 0.5) is 17.3 Å². The molecule has 0 spiro atoms. The molecule has 1 aliphatic heterocycles. The summed E-state index contributed by atoms with van der Waals surface area (Å²) < 4.78 is 39.0. The van der Waals surface area contributed by atoms with Crippen LogP contribution < -0.4 is 5.01 Å². The molecule has 0 radical (unpaired) electrons. The van der Waals surface area contributed by atoms with Crippen LogP contribution in [0.5, 0.6) is 0 Å². The van der Waals surface area contributed by atoms with E-state index < -0.39 is 7.25 Å². The lowest BCUT2D eigenvalue weighted by Gasteiger charge is -1.98. The van der Waals surface area contributed by atoms with E-state index in [1.165, 1.54) is 12.8 Å². The molecular weight excluding hydrogens is 201 g/mol. The lowest BCUT2D eigenvalue weighted by atomic mass is 10.3. The summed E-state index contributed by atoms with van der Waals surface area (Å²) in [7, 11) is -6.00. The minimum Gasteiger partial charge on any atom is -0.418 e. The second kappa shape index (κ2) is 6.53. The molecule has 0 saturated heterocycles. The van der Waals surface area contributed by atoms with Gasteiger partial charge in [0.15, 0.2) is 0 Å². The zero-order chi connectivity index (χ0) is 11.0. The summed E-state index contributed by atoms with van der Waals surface area (Å²) in [6.45, 7) is 3.26. The molecule has 0 saturated carbocycles. The van der Waals surface area contributed by atoms with Crippen LogP contribution in [-0.4, -0.2) is 13.8 Å². The van der Waals surface area contributed by atoms with Crippen LogP contribution >= 0.6 is 0 Å². The zero-order valence-corrected chi connectivity index (χ0v) is 7.76. The van der Waals surface area contributed by atoms with E-state index in [0.717, 1.165) is 11.6 Å². The number of hydrogen-bond donors (Lipinski definition) is 1. The summed E-state index contributed by atoms with van der Waals surface area (Å²) in [5.41, 5.74) is 0. The molecule has 82 valence electrons. The normalized spacial score (nSPS) is 19.4. The first-order chi connectivity index (χ1) is 6.43. The van der Waals surface area contributed by atoms with E-state index in [0.29, 0.717) is 0 Å². The largest absolute Gasteiger partial charge is 0.673 e. The van der Waals surface area contributed by atoms with Gasteiger partial charge in [-0.1, -0.05) is 13.3 Å². The van der Waals surface area contributed by atoms with Crippen LogP contribution in [0.15, 0.2) is 22.7 Å². The number of quaternary nitrogens is 1. The van der Waals surface area contributed by atoms with Gasteiger partial charge in [-0.2, -0.15) is 5.01 Å². The zero-order valence-electron chi connectivity index (χ0n) is 7.76. The molecule has 0 amide bonds. The number of halogens is 4. The van der Waals surface area contributed by atoms with Gasteiger partial charge in [0.05, 0.1) is 0 Å². The molecule has 0 fully saturated rings. The Bertz CT molecular complexity index is 186. The Balaban J connectivity index is 0.000000292. The third-order valence-corrected chi connectivity index (χ3v) is 1.31. The van der Waals surface area contributed by atoms with Crippen molar-refractivity contribution in [2.45, 2.75) is 19.8 Å². The van der Waals surface area contributed by atoms with Crippen molar-refractivity contribution in [3.05, 3.63) is 12.4 Å². The topological polar surface area (TPSA) is 29.2 Å². The molecule has 0 bridgehead atoms. The Kier molecular flexibility index (Phi) is 6.10. The standard InChI is InChI=1S/C6H11N3.BF4/c1-2-3-5-9-6-4-7-8-9;2-1(3,4)5/h4,6H,2-3,5H2,1H3;/q;-1/p+1. The van der Waals surface area contributed by atoms with Gasteiger partial charge in [-0.3, -0.25) is 0 Å². The minimum absolute atomic E-state index is 1.08. The van der Waals surface area contributed by atoms with Crippen LogP contribution in [0.1, 0.15) is 19.8 Å². The second-order valence-corrected chi connectivity index (χ2v) is 2.62. The first-order valence-corrected chi connectivity index (χ1v) is 4.24. The third-order valence-electron chi connectivity index (χ3n) is 1.31. The van der Waals surface area contributed by atoms with Crippen molar-refractivity contribution in [1.82, 2.24) is 0 Å². The van der Waals surface area contributed by atoms with Gasteiger partial charge in [-0.25, -0.2) is 0 Å². The van der Waals surface area contributed by atoms with Crippen LogP contribution in [0, 0.1) is 0 Å². The third kappa shape index (κ3) is 11.1. The van der Waals surface area contributed by atoms with E-state index in [4.69, 9.17) is 0 Å². The molecule has 3 nitrogen and oxygen atoms in total. The van der Waals surface area contributed by atoms with E-state index in [1.54, 1.807) is 6.20 Å². The van der Waals surface area contributed by atoms with Gasteiger partial charge < -0.3 is 17.3 Å². The van der Waals surface area contributed by atoms with E-state index in [1.807, 2.05) is 6.20 Å². The Morgan fingerprint density at radius 2 is 1.86 bits per heavy atom. The highest BCUT2D eigenvalue weighted by molar-refractivity contribution is 6.50. The van der Waals surface area contributed by atoms with Gasteiger partial charge in [0.25, 0.3) is 0 Å². The fourth-order valence-corrected chi connectivity index (χ4v) is 0.751. The number of unbranched alkanes of at least 4 members (excludes halogenated alkanes) is 1. The average Bonchev–Trinajstić information content (AvgIpc) is 2.49. The van der Waals surface area contributed by atoms with Crippen molar-refractivity contribution in [2.75, 3.05) is 6.54 Å². The fraction of sp³-hybridized carbons (Fsp3) is 0.667. The van der Waals surface area contributed by atoms with Crippen molar-refractivity contribution >= 4 is 7.25 Å². The van der Waals surface area contributed by atoms with E-state index in [9.17, 15) is 17.3 Å². The summed E-state index contributed by atoms with van der Waals surface area (Å²) >= 11 is 0. The highest BCUT2D eigenvalue weighted by atomic mass is 19.5. The van der Waals surface area contributed by atoms with Gasteiger partial charge in [0.1, 0.15) is 18.9 Å². The van der Waals surface area contributed by atoms with Gasteiger partial charge >= 0.3 is 7.25 Å². The molecule has 1 atom stereocenters. The highest BCUT2D eigenvalue weighted by Crippen LogP contribution is 2.06. The fourth-order valence-electron chi connectivity index (χ4n) is 0.751. The van der Waals surface area contributed by atoms with E-state index in [-0.39, 0.29) is 0 Å². The van der Waals surface area contributed by atoms with Gasteiger partial charge in [-0.15, -0.1) is 5.11 Å². The number of nitrogens with one attached hydrogen (secondary N) is 1. The molecule has 1 heterocycles. The molecule has 0 aromatic rings. The molecule has 14 heavy (non-hydrogen) atoms. The smallest absolute Gasteiger partial charge is 0.418 e.